The number of ether oxygens (including phenoxy) is 2. The van der Waals surface area contributed by atoms with Crippen LogP contribution in [0.4, 0.5) is 0 Å². The van der Waals surface area contributed by atoms with E-state index in [1.54, 1.807) is 11.3 Å². The van der Waals surface area contributed by atoms with Crippen LogP contribution < -0.4 is 15.0 Å². The van der Waals surface area contributed by atoms with E-state index in [0.29, 0.717) is 42.0 Å². The zero-order chi connectivity index (χ0) is 23.5. The maximum Gasteiger partial charge on any atom is 0.260 e. The zero-order valence-electron chi connectivity index (χ0n) is 19.3. The highest BCUT2D eigenvalue weighted by molar-refractivity contribution is 7.15. The van der Waals surface area contributed by atoms with Gasteiger partial charge in [0.15, 0.2) is 5.82 Å². The van der Waals surface area contributed by atoms with Gasteiger partial charge in [-0.25, -0.2) is 9.97 Å². The third-order valence-corrected chi connectivity index (χ3v) is 6.92. The first-order valence-corrected chi connectivity index (χ1v) is 12.5. The molecule has 1 saturated carbocycles. The van der Waals surface area contributed by atoms with Crippen molar-refractivity contribution in [1.29, 1.82) is 0 Å². The van der Waals surface area contributed by atoms with Crippen molar-refractivity contribution in [3.05, 3.63) is 52.0 Å². The number of aromatic amines is 2. The first kappa shape index (κ1) is 22.3. The first-order valence-electron chi connectivity index (χ1n) is 11.7. The van der Waals surface area contributed by atoms with Crippen molar-refractivity contribution in [1.82, 2.24) is 25.1 Å². The van der Waals surface area contributed by atoms with E-state index in [1.165, 1.54) is 24.0 Å². The lowest BCUT2D eigenvalue weighted by molar-refractivity contribution is 0.303. The Hall–Kier alpha value is -3.46. The molecule has 1 aliphatic carbocycles. The van der Waals surface area contributed by atoms with Crippen LogP contribution in [-0.4, -0.2) is 38.4 Å². The SMILES string of the molecule is CCCCOc1ccc(-c2cc(-c3ncc(C4CC4)s3)c(-c3ncn[nH]3)c(=O)[nH]2)c(OCC)c1. The van der Waals surface area contributed by atoms with Gasteiger partial charge in [-0.3, -0.25) is 9.89 Å². The predicted molar refractivity (Wildman–Crippen MR) is 133 cm³/mol. The second kappa shape index (κ2) is 9.80. The summed E-state index contributed by atoms with van der Waals surface area (Å²) < 4.78 is 11.8. The molecule has 2 N–H and O–H groups in total. The fourth-order valence-corrected chi connectivity index (χ4v) is 4.93. The maximum atomic E-state index is 13.3. The number of nitrogens with zero attached hydrogens (tertiary/aromatic N) is 3. The summed E-state index contributed by atoms with van der Waals surface area (Å²) in [6.07, 6.45) is 7.77. The number of H-pyrrole nitrogens is 2. The summed E-state index contributed by atoms with van der Waals surface area (Å²) in [4.78, 5) is 26.5. The van der Waals surface area contributed by atoms with Gasteiger partial charge in [-0.1, -0.05) is 13.3 Å². The van der Waals surface area contributed by atoms with E-state index in [0.717, 1.165) is 34.7 Å². The van der Waals surface area contributed by atoms with Gasteiger partial charge in [-0.15, -0.1) is 11.3 Å². The number of unbranched alkanes of at least 4 members (excludes halogenated alkanes) is 1. The van der Waals surface area contributed by atoms with E-state index >= 15 is 0 Å². The molecule has 0 amide bonds. The highest BCUT2D eigenvalue weighted by Gasteiger charge is 2.27. The van der Waals surface area contributed by atoms with Crippen LogP contribution in [0.3, 0.4) is 0 Å². The van der Waals surface area contributed by atoms with Gasteiger partial charge in [0, 0.05) is 28.3 Å². The summed E-state index contributed by atoms with van der Waals surface area (Å²) in [6, 6.07) is 7.66. The second-order valence-corrected chi connectivity index (χ2v) is 9.33. The smallest absolute Gasteiger partial charge is 0.260 e. The number of hydrogen-bond donors (Lipinski definition) is 2. The Kier molecular flexibility index (Phi) is 6.44. The van der Waals surface area contributed by atoms with Crippen molar-refractivity contribution in [3.63, 3.8) is 0 Å². The monoisotopic (exact) mass is 477 g/mol. The first-order chi connectivity index (χ1) is 16.7. The summed E-state index contributed by atoms with van der Waals surface area (Å²) in [7, 11) is 0. The van der Waals surface area contributed by atoms with Gasteiger partial charge in [0.05, 0.1) is 24.5 Å². The Morgan fingerprint density at radius 3 is 2.74 bits per heavy atom. The summed E-state index contributed by atoms with van der Waals surface area (Å²) in [5.41, 5.74) is 2.31. The van der Waals surface area contributed by atoms with E-state index in [-0.39, 0.29) is 5.56 Å². The summed E-state index contributed by atoms with van der Waals surface area (Å²) in [6.45, 7) is 5.21. The van der Waals surface area contributed by atoms with Crippen LogP contribution in [-0.2, 0) is 0 Å². The van der Waals surface area contributed by atoms with Gasteiger partial charge < -0.3 is 14.5 Å². The van der Waals surface area contributed by atoms with E-state index in [9.17, 15) is 4.79 Å². The molecular weight excluding hydrogens is 450 g/mol. The molecule has 3 aromatic heterocycles. The average molecular weight is 478 g/mol. The summed E-state index contributed by atoms with van der Waals surface area (Å²) in [5.74, 6) is 2.40. The van der Waals surface area contributed by atoms with E-state index < -0.39 is 0 Å². The van der Waals surface area contributed by atoms with Gasteiger partial charge in [0.2, 0.25) is 0 Å². The molecule has 176 valence electrons. The molecule has 1 aromatic carbocycles. The van der Waals surface area contributed by atoms with Crippen LogP contribution in [0.15, 0.2) is 41.6 Å². The number of pyridine rings is 1. The Morgan fingerprint density at radius 1 is 1.12 bits per heavy atom. The van der Waals surface area contributed by atoms with Crippen molar-refractivity contribution >= 4 is 11.3 Å². The minimum Gasteiger partial charge on any atom is -0.493 e. The number of aromatic nitrogens is 5. The molecule has 0 atom stereocenters. The Balaban J connectivity index is 1.61. The topological polar surface area (TPSA) is 106 Å². The number of hydrogen-bond acceptors (Lipinski definition) is 7. The number of benzene rings is 1. The highest BCUT2D eigenvalue weighted by Crippen LogP contribution is 2.45. The lowest BCUT2D eigenvalue weighted by Crippen LogP contribution is -2.13. The third kappa shape index (κ3) is 4.61. The quantitative estimate of drug-likeness (QED) is 0.296. The van der Waals surface area contributed by atoms with Gasteiger partial charge in [0.1, 0.15) is 22.8 Å². The summed E-state index contributed by atoms with van der Waals surface area (Å²) >= 11 is 1.63. The normalized spacial score (nSPS) is 13.2. The van der Waals surface area contributed by atoms with Crippen molar-refractivity contribution in [2.24, 2.45) is 0 Å². The molecular formula is C25H27N5O3S. The van der Waals surface area contributed by atoms with Gasteiger partial charge >= 0.3 is 0 Å². The molecule has 8 nitrogen and oxygen atoms in total. The molecule has 5 rings (SSSR count). The molecule has 0 spiro atoms. The van der Waals surface area contributed by atoms with Crippen LogP contribution >= 0.6 is 11.3 Å². The van der Waals surface area contributed by atoms with Crippen LogP contribution in [0.1, 0.15) is 50.3 Å². The number of nitrogens with one attached hydrogen (secondary N) is 2. The fraction of sp³-hybridized carbons (Fsp3) is 0.360. The van der Waals surface area contributed by atoms with E-state index in [4.69, 9.17) is 9.47 Å². The van der Waals surface area contributed by atoms with Crippen LogP contribution in [0, 0.1) is 0 Å². The van der Waals surface area contributed by atoms with E-state index in [1.807, 2.05) is 37.4 Å². The standard InChI is InChI=1S/C25H27N5O3S/c1-3-5-10-33-16-8-9-17(20(11-16)32-4-2)19-12-18(25-26-13-21(34-25)15-6-7-15)22(24(31)29-19)23-27-14-28-30-23/h8-9,11-15H,3-7,10H2,1-2H3,(H,29,31)(H,27,28,30). The highest BCUT2D eigenvalue weighted by atomic mass is 32.1. The lowest BCUT2D eigenvalue weighted by Gasteiger charge is -2.14. The molecule has 0 unspecified atom stereocenters. The van der Waals surface area contributed by atoms with Crippen molar-refractivity contribution in [2.75, 3.05) is 13.2 Å². The third-order valence-electron chi connectivity index (χ3n) is 5.73. The molecule has 4 aromatic rings. The molecule has 34 heavy (non-hydrogen) atoms. The largest absolute Gasteiger partial charge is 0.493 e. The minimum atomic E-state index is -0.266. The Morgan fingerprint density at radius 2 is 2.00 bits per heavy atom. The number of thiazole rings is 1. The average Bonchev–Trinajstić information content (AvgIpc) is 3.32. The molecule has 3 heterocycles. The van der Waals surface area contributed by atoms with Crippen LogP contribution in [0.2, 0.25) is 0 Å². The predicted octanol–water partition coefficient (Wildman–Crippen LogP) is 5.41. The molecule has 1 aliphatic rings. The zero-order valence-corrected chi connectivity index (χ0v) is 20.1. The molecule has 0 saturated heterocycles. The molecule has 0 aliphatic heterocycles. The Bertz CT molecular complexity index is 1320. The van der Waals surface area contributed by atoms with Gasteiger partial charge in [0.25, 0.3) is 5.56 Å². The van der Waals surface area contributed by atoms with Gasteiger partial charge in [-0.2, -0.15) is 5.10 Å². The minimum absolute atomic E-state index is 0.266. The summed E-state index contributed by atoms with van der Waals surface area (Å²) in [5, 5.41) is 7.55. The van der Waals surface area contributed by atoms with Crippen molar-refractivity contribution in [3.8, 4) is 44.7 Å². The molecule has 0 bridgehead atoms. The molecule has 0 radical (unpaired) electrons. The van der Waals surface area contributed by atoms with Crippen molar-refractivity contribution < 1.29 is 9.47 Å². The molecule has 1 fully saturated rings. The van der Waals surface area contributed by atoms with Crippen molar-refractivity contribution in [2.45, 2.75) is 45.4 Å². The Labute approximate surface area is 201 Å². The van der Waals surface area contributed by atoms with E-state index in [2.05, 4.69) is 32.1 Å². The van der Waals surface area contributed by atoms with Crippen LogP contribution in [0.5, 0.6) is 11.5 Å². The van der Waals surface area contributed by atoms with Gasteiger partial charge in [-0.05, 0) is 50.3 Å². The number of rotatable bonds is 10. The fourth-order valence-electron chi connectivity index (χ4n) is 3.83. The lowest BCUT2D eigenvalue weighted by atomic mass is 10.0. The second-order valence-electron chi connectivity index (χ2n) is 8.27. The maximum absolute atomic E-state index is 13.3. The van der Waals surface area contributed by atoms with Crippen LogP contribution in [0.25, 0.3) is 33.2 Å². The molecule has 9 heteroatoms.